The summed E-state index contributed by atoms with van der Waals surface area (Å²) >= 11 is 0. The van der Waals surface area contributed by atoms with Crippen molar-refractivity contribution in [1.29, 1.82) is 0 Å². The summed E-state index contributed by atoms with van der Waals surface area (Å²) in [7, 11) is 3.10. The van der Waals surface area contributed by atoms with Crippen LogP contribution in [0.1, 0.15) is 0 Å². The second-order valence-corrected chi connectivity index (χ2v) is 5.17. The summed E-state index contributed by atoms with van der Waals surface area (Å²) < 4.78 is 21.1. The number of methoxy groups -OCH3 is 2. The van der Waals surface area contributed by atoms with Crippen LogP contribution in [0, 0.1) is 0 Å². The Bertz CT molecular complexity index is 922. The molecule has 8 heteroatoms. The molecule has 0 bridgehead atoms. The van der Waals surface area contributed by atoms with E-state index in [0.717, 1.165) is 0 Å². The van der Waals surface area contributed by atoms with Gasteiger partial charge in [-0.1, -0.05) is 17.3 Å². The minimum atomic E-state index is -1.08. The molecule has 0 aliphatic carbocycles. The van der Waals surface area contributed by atoms with Crippen molar-refractivity contribution >= 4 is 5.97 Å². The Hall–Kier alpha value is -3.55. The van der Waals surface area contributed by atoms with Gasteiger partial charge in [-0.05, 0) is 24.3 Å². The van der Waals surface area contributed by atoms with Crippen LogP contribution in [-0.2, 0) is 4.79 Å². The van der Waals surface area contributed by atoms with Gasteiger partial charge in [-0.2, -0.15) is 4.98 Å². The monoisotopic (exact) mass is 356 g/mol. The van der Waals surface area contributed by atoms with Crippen molar-refractivity contribution < 1.29 is 28.6 Å². The maximum absolute atomic E-state index is 10.7. The Balaban J connectivity index is 1.95. The van der Waals surface area contributed by atoms with E-state index in [-0.39, 0.29) is 5.89 Å². The van der Waals surface area contributed by atoms with E-state index in [1.54, 1.807) is 49.6 Å². The molecular weight excluding hydrogens is 340 g/mol. The number of aliphatic carboxylic acids is 1. The maximum atomic E-state index is 10.7. The first-order chi connectivity index (χ1) is 12.6. The third-order valence-corrected chi connectivity index (χ3v) is 3.54. The highest BCUT2D eigenvalue weighted by molar-refractivity contribution is 5.71. The highest BCUT2D eigenvalue weighted by atomic mass is 16.5. The van der Waals surface area contributed by atoms with Gasteiger partial charge in [0.2, 0.25) is 5.82 Å². The first-order valence-electron chi connectivity index (χ1n) is 7.62. The van der Waals surface area contributed by atoms with Crippen LogP contribution in [-0.4, -0.2) is 42.0 Å². The summed E-state index contributed by atoms with van der Waals surface area (Å²) in [6.07, 6.45) is 0. The lowest BCUT2D eigenvalue weighted by Crippen LogP contribution is -2.09. The van der Waals surface area contributed by atoms with E-state index in [1.807, 2.05) is 0 Å². The van der Waals surface area contributed by atoms with E-state index in [0.29, 0.717) is 34.2 Å². The van der Waals surface area contributed by atoms with Gasteiger partial charge in [0.15, 0.2) is 6.61 Å². The lowest BCUT2D eigenvalue weighted by molar-refractivity contribution is -0.139. The maximum Gasteiger partial charge on any atom is 0.341 e. The van der Waals surface area contributed by atoms with Crippen molar-refractivity contribution in [2.45, 2.75) is 0 Å². The average Bonchev–Trinajstić information content (AvgIpc) is 3.15. The van der Waals surface area contributed by atoms with Crippen LogP contribution in [0.15, 0.2) is 47.0 Å². The Morgan fingerprint density at radius 2 is 1.88 bits per heavy atom. The number of carboxylic acids is 1. The van der Waals surface area contributed by atoms with Crippen LogP contribution in [0.25, 0.3) is 22.8 Å². The molecule has 0 saturated carbocycles. The molecule has 26 heavy (non-hydrogen) atoms. The number of rotatable bonds is 7. The largest absolute Gasteiger partial charge is 0.497 e. The van der Waals surface area contributed by atoms with E-state index in [9.17, 15) is 4.79 Å². The number of para-hydroxylation sites is 1. The molecule has 0 radical (unpaired) electrons. The van der Waals surface area contributed by atoms with E-state index in [2.05, 4.69) is 10.1 Å². The van der Waals surface area contributed by atoms with Crippen molar-refractivity contribution in [3.8, 4) is 40.1 Å². The SMILES string of the molecule is COc1ccc(-c2noc(-c3ccccc3OCC(=O)O)n2)c(OC)c1. The van der Waals surface area contributed by atoms with Gasteiger partial charge >= 0.3 is 5.97 Å². The van der Waals surface area contributed by atoms with Crippen LogP contribution in [0.4, 0.5) is 0 Å². The Kier molecular flexibility index (Phi) is 5.02. The molecule has 0 spiro atoms. The van der Waals surface area contributed by atoms with Gasteiger partial charge in [0.1, 0.15) is 17.2 Å². The summed E-state index contributed by atoms with van der Waals surface area (Å²) in [6, 6.07) is 12.1. The standard InChI is InChI=1S/C18H16N2O6/c1-23-11-7-8-12(15(9-11)24-2)17-19-18(26-20-17)13-5-3-4-6-14(13)25-10-16(21)22/h3-9H,10H2,1-2H3,(H,21,22). The zero-order chi connectivity index (χ0) is 18.5. The highest BCUT2D eigenvalue weighted by Crippen LogP contribution is 2.34. The summed E-state index contributed by atoms with van der Waals surface area (Å²) in [6.45, 7) is -0.468. The van der Waals surface area contributed by atoms with Crippen molar-refractivity contribution in [3.63, 3.8) is 0 Å². The fourth-order valence-corrected chi connectivity index (χ4v) is 2.33. The van der Waals surface area contributed by atoms with Crippen molar-refractivity contribution in [3.05, 3.63) is 42.5 Å². The normalized spacial score (nSPS) is 10.4. The van der Waals surface area contributed by atoms with Crippen LogP contribution in [0.5, 0.6) is 17.2 Å². The van der Waals surface area contributed by atoms with Crippen LogP contribution >= 0.6 is 0 Å². The van der Waals surface area contributed by atoms with Gasteiger partial charge in [0, 0.05) is 6.07 Å². The predicted octanol–water partition coefficient (Wildman–Crippen LogP) is 2.88. The number of aromatic nitrogens is 2. The van der Waals surface area contributed by atoms with E-state index >= 15 is 0 Å². The number of hydrogen-bond donors (Lipinski definition) is 1. The Morgan fingerprint density at radius 3 is 2.62 bits per heavy atom. The fraction of sp³-hybridized carbons (Fsp3) is 0.167. The smallest absolute Gasteiger partial charge is 0.341 e. The summed E-state index contributed by atoms with van der Waals surface area (Å²) in [5.41, 5.74) is 1.13. The first kappa shape index (κ1) is 17.3. The molecule has 134 valence electrons. The molecule has 1 aromatic heterocycles. The molecule has 0 atom stereocenters. The van der Waals surface area contributed by atoms with E-state index < -0.39 is 12.6 Å². The second kappa shape index (κ2) is 7.56. The van der Waals surface area contributed by atoms with Crippen LogP contribution in [0.2, 0.25) is 0 Å². The van der Waals surface area contributed by atoms with Gasteiger partial charge in [-0.3, -0.25) is 0 Å². The molecule has 0 aliphatic rings. The van der Waals surface area contributed by atoms with Crippen LogP contribution in [0.3, 0.4) is 0 Å². The third-order valence-electron chi connectivity index (χ3n) is 3.54. The number of carbonyl (C=O) groups is 1. The summed E-state index contributed by atoms with van der Waals surface area (Å²) in [5.74, 6) is 0.973. The Morgan fingerprint density at radius 1 is 1.08 bits per heavy atom. The third kappa shape index (κ3) is 3.59. The zero-order valence-corrected chi connectivity index (χ0v) is 14.1. The molecule has 0 fully saturated rings. The number of carboxylic acid groups (broad SMARTS) is 1. The molecule has 0 saturated heterocycles. The molecule has 3 aromatic rings. The van der Waals surface area contributed by atoms with Gasteiger partial charge in [-0.25, -0.2) is 4.79 Å². The molecule has 1 heterocycles. The van der Waals surface area contributed by atoms with E-state index in [4.69, 9.17) is 23.8 Å². The van der Waals surface area contributed by atoms with Crippen molar-refractivity contribution in [2.24, 2.45) is 0 Å². The average molecular weight is 356 g/mol. The lowest BCUT2D eigenvalue weighted by atomic mass is 10.1. The number of nitrogens with zero attached hydrogens (tertiary/aromatic N) is 2. The summed E-state index contributed by atoms with van der Waals surface area (Å²) in [4.78, 5) is 15.1. The summed E-state index contributed by atoms with van der Waals surface area (Å²) in [5, 5.41) is 12.8. The molecule has 8 nitrogen and oxygen atoms in total. The predicted molar refractivity (Wildman–Crippen MR) is 91.4 cm³/mol. The Labute approximate surface area is 148 Å². The number of ether oxygens (including phenoxy) is 3. The molecule has 2 aromatic carbocycles. The van der Waals surface area contributed by atoms with Crippen molar-refractivity contribution in [1.82, 2.24) is 10.1 Å². The number of benzene rings is 2. The number of hydrogen-bond acceptors (Lipinski definition) is 7. The molecule has 1 N–H and O–H groups in total. The molecule has 0 aliphatic heterocycles. The first-order valence-corrected chi connectivity index (χ1v) is 7.62. The zero-order valence-electron chi connectivity index (χ0n) is 14.1. The van der Waals surface area contributed by atoms with E-state index in [1.165, 1.54) is 7.11 Å². The molecule has 3 rings (SSSR count). The van der Waals surface area contributed by atoms with Crippen molar-refractivity contribution in [2.75, 3.05) is 20.8 Å². The lowest BCUT2D eigenvalue weighted by Gasteiger charge is -2.07. The minimum Gasteiger partial charge on any atom is -0.497 e. The van der Waals surface area contributed by atoms with Gasteiger partial charge in [0.25, 0.3) is 5.89 Å². The second-order valence-electron chi connectivity index (χ2n) is 5.17. The highest BCUT2D eigenvalue weighted by Gasteiger charge is 2.18. The minimum absolute atomic E-state index is 0.207. The van der Waals surface area contributed by atoms with Gasteiger partial charge < -0.3 is 23.8 Å². The van der Waals surface area contributed by atoms with Crippen LogP contribution < -0.4 is 14.2 Å². The molecular formula is C18H16N2O6. The molecule has 0 amide bonds. The quantitative estimate of drug-likeness (QED) is 0.689. The fourth-order valence-electron chi connectivity index (χ4n) is 2.33. The topological polar surface area (TPSA) is 104 Å². The van der Waals surface area contributed by atoms with Gasteiger partial charge in [-0.15, -0.1) is 0 Å². The molecule has 0 unspecified atom stereocenters. The van der Waals surface area contributed by atoms with Gasteiger partial charge in [0.05, 0.1) is 25.3 Å².